The van der Waals surface area contributed by atoms with Gasteiger partial charge in [-0.3, -0.25) is 0 Å². The van der Waals surface area contributed by atoms with E-state index < -0.39 is 0 Å². The number of thioether (sulfide) groups is 1. The minimum atomic E-state index is -0.0298. The van der Waals surface area contributed by atoms with Gasteiger partial charge < -0.3 is 10.2 Å². The molecule has 1 atom stereocenters. The summed E-state index contributed by atoms with van der Waals surface area (Å²) in [5, 5.41) is 8.35. The molecule has 0 fully saturated rings. The van der Waals surface area contributed by atoms with Crippen LogP contribution in [0.4, 0.5) is 0 Å². The lowest BCUT2D eigenvalue weighted by atomic mass is 9.95. The van der Waals surface area contributed by atoms with Gasteiger partial charge in [-0.25, -0.2) is 0 Å². The van der Waals surface area contributed by atoms with E-state index in [0.29, 0.717) is 11.1 Å². The second kappa shape index (κ2) is 5.75. The van der Waals surface area contributed by atoms with Gasteiger partial charge in [-0.05, 0) is 37.5 Å². The number of hydrogen-bond acceptors (Lipinski definition) is 5. The van der Waals surface area contributed by atoms with E-state index in [0.717, 1.165) is 5.75 Å². The highest BCUT2D eigenvalue weighted by molar-refractivity contribution is 7.99. The first-order valence-electron chi connectivity index (χ1n) is 6.23. The minimum absolute atomic E-state index is 0.0298. The van der Waals surface area contributed by atoms with E-state index in [2.05, 4.69) is 43.1 Å². The Kier molecular flexibility index (Phi) is 4.27. The van der Waals surface area contributed by atoms with Crippen LogP contribution in [0.15, 0.2) is 21.8 Å². The molecule has 0 radical (unpaired) electrons. The number of aromatic nitrogens is 2. The summed E-state index contributed by atoms with van der Waals surface area (Å²) in [6.07, 6.45) is 0. The second-order valence-electron chi connectivity index (χ2n) is 4.82. The maximum absolute atomic E-state index is 6.29. The number of benzene rings is 1. The first-order chi connectivity index (χ1) is 8.97. The lowest BCUT2D eigenvalue weighted by Crippen LogP contribution is -2.16. The van der Waals surface area contributed by atoms with E-state index in [9.17, 15) is 0 Å². The molecule has 2 rings (SSSR count). The van der Waals surface area contributed by atoms with Gasteiger partial charge in [-0.1, -0.05) is 29.5 Å². The molecule has 0 aliphatic carbocycles. The molecule has 1 unspecified atom stereocenters. The topological polar surface area (TPSA) is 64.9 Å². The van der Waals surface area contributed by atoms with Gasteiger partial charge in [0.15, 0.2) is 0 Å². The standard InChI is InChI=1S/C14H19N3OS/c1-8-5-9(2)13(10(3)6-8)12(15)7-19-14-17-16-11(4)18-14/h5-6,12H,7,15H2,1-4H3. The summed E-state index contributed by atoms with van der Waals surface area (Å²) in [5.41, 5.74) is 11.3. The second-order valence-corrected chi connectivity index (χ2v) is 5.79. The molecule has 1 aromatic carbocycles. The highest BCUT2D eigenvalue weighted by Gasteiger charge is 2.14. The van der Waals surface area contributed by atoms with Crippen LogP contribution in [-0.4, -0.2) is 16.0 Å². The Balaban J connectivity index is 2.10. The summed E-state index contributed by atoms with van der Waals surface area (Å²) in [6.45, 7) is 8.10. The van der Waals surface area contributed by atoms with Crippen molar-refractivity contribution in [1.29, 1.82) is 0 Å². The van der Waals surface area contributed by atoms with Crippen molar-refractivity contribution in [2.24, 2.45) is 5.73 Å². The van der Waals surface area contributed by atoms with E-state index in [-0.39, 0.29) is 6.04 Å². The number of nitrogens with two attached hydrogens (primary N) is 1. The highest BCUT2D eigenvalue weighted by atomic mass is 32.2. The predicted molar refractivity (Wildman–Crippen MR) is 77.3 cm³/mol. The van der Waals surface area contributed by atoms with Gasteiger partial charge in [-0.2, -0.15) is 0 Å². The third kappa shape index (κ3) is 3.36. The fraction of sp³-hybridized carbons (Fsp3) is 0.429. The highest BCUT2D eigenvalue weighted by Crippen LogP contribution is 2.27. The van der Waals surface area contributed by atoms with Crippen LogP contribution in [0.2, 0.25) is 0 Å². The zero-order valence-electron chi connectivity index (χ0n) is 11.7. The molecule has 102 valence electrons. The molecular weight excluding hydrogens is 258 g/mol. The molecule has 0 amide bonds. The van der Waals surface area contributed by atoms with Crippen molar-refractivity contribution >= 4 is 11.8 Å². The quantitative estimate of drug-likeness (QED) is 0.870. The Morgan fingerprint density at radius 2 is 1.79 bits per heavy atom. The molecule has 0 spiro atoms. The lowest BCUT2D eigenvalue weighted by Gasteiger charge is -2.17. The summed E-state index contributed by atoms with van der Waals surface area (Å²) in [6, 6.07) is 4.31. The molecule has 1 aromatic heterocycles. The number of rotatable bonds is 4. The Bertz CT molecular complexity index is 557. The Hall–Kier alpha value is -1.33. The van der Waals surface area contributed by atoms with Crippen LogP contribution in [0.3, 0.4) is 0 Å². The smallest absolute Gasteiger partial charge is 0.276 e. The van der Waals surface area contributed by atoms with Crippen molar-refractivity contribution in [3.63, 3.8) is 0 Å². The van der Waals surface area contributed by atoms with E-state index in [1.54, 1.807) is 6.92 Å². The molecule has 2 aromatic rings. The summed E-state index contributed by atoms with van der Waals surface area (Å²) in [7, 11) is 0. The maximum Gasteiger partial charge on any atom is 0.276 e. The molecule has 2 N–H and O–H groups in total. The fourth-order valence-corrected chi connectivity index (χ4v) is 3.12. The first-order valence-corrected chi connectivity index (χ1v) is 7.22. The van der Waals surface area contributed by atoms with Crippen molar-refractivity contribution in [3.05, 3.63) is 40.3 Å². The SMILES string of the molecule is Cc1cc(C)c(C(N)CSc2nnc(C)o2)c(C)c1. The van der Waals surface area contributed by atoms with Crippen molar-refractivity contribution in [3.8, 4) is 0 Å². The Labute approximate surface area is 117 Å². The average Bonchev–Trinajstić information content (AvgIpc) is 2.71. The van der Waals surface area contributed by atoms with Crippen LogP contribution in [0.5, 0.6) is 0 Å². The van der Waals surface area contributed by atoms with Gasteiger partial charge in [0.1, 0.15) is 0 Å². The molecule has 0 aliphatic heterocycles. The molecule has 19 heavy (non-hydrogen) atoms. The normalized spacial score (nSPS) is 12.7. The fourth-order valence-electron chi connectivity index (χ4n) is 2.36. The molecule has 0 saturated carbocycles. The molecule has 0 saturated heterocycles. The average molecular weight is 277 g/mol. The van der Waals surface area contributed by atoms with Gasteiger partial charge in [0.05, 0.1) is 0 Å². The molecule has 4 nitrogen and oxygen atoms in total. The van der Waals surface area contributed by atoms with Gasteiger partial charge in [0.2, 0.25) is 5.89 Å². The summed E-state index contributed by atoms with van der Waals surface area (Å²) in [4.78, 5) is 0. The van der Waals surface area contributed by atoms with Gasteiger partial charge >= 0.3 is 0 Å². The Morgan fingerprint density at radius 3 is 2.32 bits per heavy atom. The van der Waals surface area contributed by atoms with Crippen LogP contribution in [-0.2, 0) is 0 Å². The van der Waals surface area contributed by atoms with Gasteiger partial charge in [0, 0.05) is 18.7 Å². The zero-order valence-corrected chi connectivity index (χ0v) is 12.5. The monoisotopic (exact) mass is 277 g/mol. The van der Waals surface area contributed by atoms with Crippen LogP contribution >= 0.6 is 11.8 Å². The predicted octanol–water partition coefficient (Wildman–Crippen LogP) is 3.10. The van der Waals surface area contributed by atoms with Crippen molar-refractivity contribution < 1.29 is 4.42 Å². The summed E-state index contributed by atoms with van der Waals surface area (Å²) in [5.74, 6) is 1.31. The van der Waals surface area contributed by atoms with Crippen LogP contribution in [0.25, 0.3) is 0 Å². The largest absolute Gasteiger partial charge is 0.416 e. The number of hydrogen-bond donors (Lipinski definition) is 1. The number of aryl methyl sites for hydroxylation is 4. The van der Waals surface area contributed by atoms with Crippen LogP contribution < -0.4 is 5.73 Å². The van der Waals surface area contributed by atoms with Crippen LogP contribution in [0.1, 0.15) is 34.2 Å². The summed E-state index contributed by atoms with van der Waals surface area (Å²) < 4.78 is 5.33. The van der Waals surface area contributed by atoms with E-state index in [1.165, 1.54) is 34.0 Å². The van der Waals surface area contributed by atoms with Gasteiger partial charge in [-0.15, -0.1) is 10.2 Å². The maximum atomic E-state index is 6.29. The molecule has 0 bridgehead atoms. The van der Waals surface area contributed by atoms with Crippen molar-refractivity contribution in [2.45, 2.75) is 39.0 Å². The molecule has 1 heterocycles. The first kappa shape index (κ1) is 14.1. The molecular formula is C14H19N3OS. The molecule has 0 aliphatic rings. The van der Waals surface area contributed by atoms with Crippen molar-refractivity contribution in [1.82, 2.24) is 10.2 Å². The van der Waals surface area contributed by atoms with Crippen LogP contribution in [0, 0.1) is 27.7 Å². The van der Waals surface area contributed by atoms with E-state index >= 15 is 0 Å². The van der Waals surface area contributed by atoms with Crippen molar-refractivity contribution in [2.75, 3.05) is 5.75 Å². The minimum Gasteiger partial charge on any atom is -0.416 e. The lowest BCUT2D eigenvalue weighted by molar-refractivity contribution is 0.429. The zero-order chi connectivity index (χ0) is 14.0. The third-order valence-electron chi connectivity index (χ3n) is 3.00. The number of nitrogens with zero attached hydrogens (tertiary/aromatic N) is 2. The van der Waals surface area contributed by atoms with E-state index in [1.807, 2.05) is 0 Å². The summed E-state index contributed by atoms with van der Waals surface area (Å²) >= 11 is 1.50. The van der Waals surface area contributed by atoms with E-state index in [4.69, 9.17) is 10.2 Å². The Morgan fingerprint density at radius 1 is 1.16 bits per heavy atom. The van der Waals surface area contributed by atoms with Gasteiger partial charge in [0.25, 0.3) is 5.22 Å². The molecule has 5 heteroatoms. The third-order valence-corrected chi connectivity index (χ3v) is 3.94.